The third-order valence-electron chi connectivity index (χ3n) is 7.00. The SMILES string of the molecule is Fc1cc(-c2nn(C(c3ccccc3)(c3ccccc3)C3C=CC=CC3)c3cc(F)c(Br)cc23)ccn1. The van der Waals surface area contributed by atoms with Gasteiger partial charge in [0.2, 0.25) is 5.95 Å². The maximum atomic E-state index is 15.2. The summed E-state index contributed by atoms with van der Waals surface area (Å²) in [5.41, 5.74) is 2.97. The third kappa shape index (κ3) is 3.92. The van der Waals surface area contributed by atoms with Gasteiger partial charge in [-0.15, -0.1) is 0 Å². The summed E-state index contributed by atoms with van der Waals surface area (Å²) in [6, 6.07) is 26.7. The Kier molecular flexibility index (Phi) is 6.05. The molecule has 3 aromatic carbocycles. The molecule has 6 rings (SSSR count). The van der Waals surface area contributed by atoms with Crippen LogP contribution in [0.15, 0.2) is 120 Å². The first-order valence-corrected chi connectivity index (χ1v) is 12.8. The number of fused-ring (bicyclic) bond motifs is 1. The van der Waals surface area contributed by atoms with E-state index in [0.29, 0.717) is 26.6 Å². The van der Waals surface area contributed by atoms with E-state index >= 15 is 4.39 Å². The number of allylic oxidation sites excluding steroid dienone is 4. The molecule has 0 spiro atoms. The van der Waals surface area contributed by atoms with Crippen molar-refractivity contribution in [3.63, 3.8) is 0 Å². The standard InChI is InChI=1S/C31H22BrF2N3/c32-26-19-25-28(20-27(26)33)37(36-30(25)21-16-17-35-29(34)18-21)31(22-10-4-1-5-11-22,23-12-6-2-7-13-23)24-14-8-3-9-15-24/h1-14,16-20,24H,15H2. The molecule has 3 nitrogen and oxygen atoms in total. The fourth-order valence-corrected chi connectivity index (χ4v) is 5.76. The number of pyridine rings is 1. The van der Waals surface area contributed by atoms with Crippen LogP contribution in [0, 0.1) is 17.7 Å². The smallest absolute Gasteiger partial charge is 0.213 e. The van der Waals surface area contributed by atoms with E-state index in [2.05, 4.69) is 63.4 Å². The number of rotatable bonds is 5. The quantitative estimate of drug-likeness (QED) is 0.206. The van der Waals surface area contributed by atoms with Crippen LogP contribution in [0.25, 0.3) is 22.2 Å². The van der Waals surface area contributed by atoms with Gasteiger partial charge in [0.1, 0.15) is 17.1 Å². The van der Waals surface area contributed by atoms with Crippen LogP contribution in [0.4, 0.5) is 8.78 Å². The maximum absolute atomic E-state index is 15.2. The Morgan fingerprint density at radius 1 is 0.865 bits per heavy atom. The lowest BCUT2D eigenvalue weighted by Gasteiger charge is -2.42. The maximum Gasteiger partial charge on any atom is 0.213 e. The average Bonchev–Trinajstić information content (AvgIpc) is 3.29. The van der Waals surface area contributed by atoms with Crippen LogP contribution in [0.3, 0.4) is 0 Å². The molecule has 1 atom stereocenters. The second-order valence-corrected chi connectivity index (χ2v) is 9.92. The average molecular weight is 554 g/mol. The van der Waals surface area contributed by atoms with E-state index in [9.17, 15) is 4.39 Å². The van der Waals surface area contributed by atoms with Crippen molar-refractivity contribution in [2.45, 2.75) is 12.0 Å². The second-order valence-electron chi connectivity index (χ2n) is 9.06. The van der Waals surface area contributed by atoms with Gasteiger partial charge >= 0.3 is 0 Å². The van der Waals surface area contributed by atoms with E-state index in [0.717, 1.165) is 17.5 Å². The molecule has 6 heteroatoms. The Labute approximate surface area is 221 Å². The highest BCUT2D eigenvalue weighted by Gasteiger charge is 2.45. The summed E-state index contributed by atoms with van der Waals surface area (Å²) in [5, 5.41) is 5.87. The Balaban J connectivity index is 1.78. The van der Waals surface area contributed by atoms with E-state index in [4.69, 9.17) is 5.10 Å². The molecule has 0 radical (unpaired) electrons. The van der Waals surface area contributed by atoms with Crippen molar-refractivity contribution in [1.29, 1.82) is 0 Å². The summed E-state index contributed by atoms with van der Waals surface area (Å²) >= 11 is 3.34. The fraction of sp³-hybridized carbons (Fsp3) is 0.0968. The lowest BCUT2D eigenvalue weighted by Crippen LogP contribution is -2.44. The molecule has 0 amide bonds. The van der Waals surface area contributed by atoms with Gasteiger partial charge < -0.3 is 0 Å². The summed E-state index contributed by atoms with van der Waals surface area (Å²) in [6.45, 7) is 0. The van der Waals surface area contributed by atoms with Gasteiger partial charge in [0, 0.05) is 35.2 Å². The molecule has 0 bridgehead atoms. The van der Waals surface area contributed by atoms with Gasteiger partial charge in [0.25, 0.3) is 0 Å². The van der Waals surface area contributed by atoms with Crippen molar-refractivity contribution in [2.24, 2.45) is 5.92 Å². The Morgan fingerprint density at radius 2 is 1.57 bits per heavy atom. The fourth-order valence-electron chi connectivity index (χ4n) is 5.41. The van der Waals surface area contributed by atoms with E-state index in [1.807, 2.05) is 47.2 Å². The second kappa shape index (κ2) is 9.52. The molecule has 37 heavy (non-hydrogen) atoms. The molecule has 2 aromatic heterocycles. The normalized spacial score (nSPS) is 15.4. The number of aromatic nitrogens is 3. The van der Waals surface area contributed by atoms with Crippen molar-refractivity contribution in [2.75, 3.05) is 0 Å². The molecule has 0 saturated carbocycles. The van der Waals surface area contributed by atoms with Gasteiger partial charge in [0.05, 0.1) is 9.99 Å². The highest BCUT2D eigenvalue weighted by atomic mass is 79.9. The summed E-state index contributed by atoms with van der Waals surface area (Å²) in [6.07, 6.45) is 10.6. The van der Waals surface area contributed by atoms with Crippen LogP contribution in [0.1, 0.15) is 17.5 Å². The number of hydrogen-bond donors (Lipinski definition) is 0. The summed E-state index contributed by atoms with van der Waals surface area (Å²) in [5.74, 6) is -1.02. The van der Waals surface area contributed by atoms with Gasteiger partial charge in [-0.1, -0.05) is 85.0 Å². The molecule has 0 N–H and O–H groups in total. The Bertz CT molecular complexity index is 1600. The van der Waals surface area contributed by atoms with Crippen molar-refractivity contribution < 1.29 is 8.78 Å². The van der Waals surface area contributed by atoms with E-state index in [-0.39, 0.29) is 5.92 Å². The molecule has 1 aliphatic rings. The highest BCUT2D eigenvalue weighted by molar-refractivity contribution is 9.10. The first-order chi connectivity index (χ1) is 18.1. The first kappa shape index (κ1) is 23.5. The van der Waals surface area contributed by atoms with Crippen molar-refractivity contribution >= 4 is 26.8 Å². The number of halogens is 3. The summed E-state index contributed by atoms with van der Waals surface area (Å²) in [4.78, 5) is 3.71. The van der Waals surface area contributed by atoms with E-state index in [1.165, 1.54) is 18.3 Å². The van der Waals surface area contributed by atoms with Crippen molar-refractivity contribution in [3.05, 3.63) is 143 Å². The molecular weight excluding hydrogens is 532 g/mol. The number of hydrogen-bond acceptors (Lipinski definition) is 2. The third-order valence-corrected chi connectivity index (χ3v) is 7.61. The predicted molar refractivity (Wildman–Crippen MR) is 146 cm³/mol. The predicted octanol–water partition coefficient (Wildman–Crippen LogP) is 8.06. The zero-order valence-corrected chi connectivity index (χ0v) is 21.3. The zero-order valence-electron chi connectivity index (χ0n) is 19.7. The molecule has 1 aliphatic carbocycles. The molecule has 5 aromatic rings. The summed E-state index contributed by atoms with van der Waals surface area (Å²) < 4.78 is 31.6. The minimum absolute atomic E-state index is 0.0286. The molecular formula is C31H22BrF2N3. The van der Waals surface area contributed by atoms with Gasteiger partial charge in [0.15, 0.2) is 0 Å². The lowest BCUT2D eigenvalue weighted by atomic mass is 9.70. The highest BCUT2D eigenvalue weighted by Crippen LogP contribution is 2.47. The van der Waals surface area contributed by atoms with Crippen LogP contribution < -0.4 is 0 Å². The van der Waals surface area contributed by atoms with Crippen LogP contribution in [-0.4, -0.2) is 14.8 Å². The topological polar surface area (TPSA) is 30.7 Å². The van der Waals surface area contributed by atoms with Crippen LogP contribution in [0.2, 0.25) is 0 Å². The Hall–Kier alpha value is -3.90. The number of benzene rings is 3. The first-order valence-electron chi connectivity index (χ1n) is 12.0. The minimum Gasteiger partial charge on any atom is -0.248 e. The van der Waals surface area contributed by atoms with Crippen LogP contribution >= 0.6 is 15.9 Å². The Morgan fingerprint density at radius 3 is 2.19 bits per heavy atom. The molecule has 0 aliphatic heterocycles. The molecule has 0 fully saturated rings. The van der Waals surface area contributed by atoms with Gasteiger partial charge in [-0.2, -0.15) is 9.49 Å². The van der Waals surface area contributed by atoms with E-state index in [1.54, 1.807) is 12.1 Å². The van der Waals surface area contributed by atoms with E-state index < -0.39 is 17.3 Å². The molecule has 2 heterocycles. The monoisotopic (exact) mass is 553 g/mol. The molecule has 1 unspecified atom stereocenters. The van der Waals surface area contributed by atoms with Gasteiger partial charge in [-0.05, 0) is 45.6 Å². The molecule has 0 saturated heterocycles. The van der Waals surface area contributed by atoms with Crippen LogP contribution in [-0.2, 0) is 5.54 Å². The number of nitrogens with zero attached hydrogens (tertiary/aromatic N) is 3. The summed E-state index contributed by atoms with van der Waals surface area (Å²) in [7, 11) is 0. The molecule has 182 valence electrons. The van der Waals surface area contributed by atoms with Gasteiger partial charge in [-0.25, -0.2) is 14.1 Å². The van der Waals surface area contributed by atoms with Crippen LogP contribution in [0.5, 0.6) is 0 Å². The van der Waals surface area contributed by atoms with Gasteiger partial charge in [-0.3, -0.25) is 0 Å². The van der Waals surface area contributed by atoms with Crippen molar-refractivity contribution in [1.82, 2.24) is 14.8 Å². The largest absolute Gasteiger partial charge is 0.248 e. The zero-order chi connectivity index (χ0) is 25.4. The minimum atomic E-state index is -0.813. The van der Waals surface area contributed by atoms with Crippen molar-refractivity contribution in [3.8, 4) is 11.3 Å². The lowest BCUT2D eigenvalue weighted by molar-refractivity contribution is 0.302.